The maximum Gasteiger partial charge on any atom is 0.314 e. The molecule has 6 nitrogen and oxygen atoms in total. The zero-order valence-electron chi connectivity index (χ0n) is 13.1. The standard InChI is InChI=1S/C17H21N3O3/c1-20(17(18)22)12-16(21)19-10-9-14(15-8-5-11-23-15)13-6-3-2-4-7-13/h2-8,11,14H,9-10,12H2,1H3,(H2,18,22)(H,19,21). The van der Waals surface area contributed by atoms with E-state index in [-0.39, 0.29) is 18.4 Å². The number of furan rings is 1. The zero-order valence-corrected chi connectivity index (χ0v) is 13.1. The number of rotatable bonds is 7. The van der Waals surface area contributed by atoms with Gasteiger partial charge in [0.05, 0.1) is 6.26 Å². The van der Waals surface area contributed by atoms with Gasteiger partial charge in [-0.2, -0.15) is 0 Å². The van der Waals surface area contributed by atoms with Gasteiger partial charge in [-0.3, -0.25) is 4.79 Å². The summed E-state index contributed by atoms with van der Waals surface area (Å²) < 4.78 is 5.52. The van der Waals surface area contributed by atoms with Gasteiger partial charge in [-0.1, -0.05) is 30.3 Å². The van der Waals surface area contributed by atoms with Crippen molar-refractivity contribution >= 4 is 11.9 Å². The summed E-state index contributed by atoms with van der Waals surface area (Å²) in [5.41, 5.74) is 6.23. The summed E-state index contributed by atoms with van der Waals surface area (Å²) in [6.45, 7) is 0.428. The molecule has 6 heteroatoms. The molecule has 0 radical (unpaired) electrons. The second kappa shape index (κ2) is 8.03. The molecule has 0 bridgehead atoms. The van der Waals surface area contributed by atoms with Crippen LogP contribution < -0.4 is 11.1 Å². The van der Waals surface area contributed by atoms with E-state index in [1.807, 2.05) is 42.5 Å². The molecule has 23 heavy (non-hydrogen) atoms. The van der Waals surface area contributed by atoms with Crippen LogP contribution in [-0.2, 0) is 4.79 Å². The molecule has 1 aromatic carbocycles. The molecule has 0 saturated heterocycles. The molecule has 122 valence electrons. The molecular formula is C17H21N3O3. The number of carbonyl (C=O) groups is 2. The number of urea groups is 1. The number of nitrogens with one attached hydrogen (secondary N) is 1. The third-order valence-corrected chi connectivity index (χ3v) is 3.60. The zero-order chi connectivity index (χ0) is 16.7. The molecule has 2 aromatic rings. The minimum Gasteiger partial charge on any atom is -0.469 e. The van der Waals surface area contributed by atoms with Gasteiger partial charge in [0.1, 0.15) is 12.3 Å². The van der Waals surface area contributed by atoms with Crippen LogP contribution in [0, 0.1) is 0 Å². The predicted molar refractivity (Wildman–Crippen MR) is 86.8 cm³/mol. The maximum atomic E-state index is 11.8. The largest absolute Gasteiger partial charge is 0.469 e. The lowest BCUT2D eigenvalue weighted by Gasteiger charge is -2.17. The number of carbonyl (C=O) groups excluding carboxylic acids is 2. The number of nitrogens with zero attached hydrogens (tertiary/aromatic N) is 1. The number of nitrogens with two attached hydrogens (primary N) is 1. The number of likely N-dealkylation sites (N-methyl/N-ethyl adjacent to an activating group) is 1. The first-order valence-electron chi connectivity index (χ1n) is 7.43. The van der Waals surface area contributed by atoms with E-state index < -0.39 is 6.03 Å². The first-order valence-corrected chi connectivity index (χ1v) is 7.43. The fourth-order valence-electron chi connectivity index (χ4n) is 2.35. The molecule has 1 atom stereocenters. The highest BCUT2D eigenvalue weighted by molar-refractivity contribution is 5.83. The van der Waals surface area contributed by atoms with E-state index in [9.17, 15) is 9.59 Å². The Hall–Kier alpha value is -2.76. The monoisotopic (exact) mass is 315 g/mol. The second-order valence-corrected chi connectivity index (χ2v) is 5.31. The maximum absolute atomic E-state index is 11.8. The number of amides is 3. The smallest absolute Gasteiger partial charge is 0.314 e. The molecule has 0 saturated carbocycles. The SMILES string of the molecule is CN(CC(=O)NCCC(c1ccccc1)c1ccco1)C(N)=O. The average molecular weight is 315 g/mol. The van der Waals surface area contributed by atoms with Crippen LogP contribution >= 0.6 is 0 Å². The number of primary amides is 1. The van der Waals surface area contributed by atoms with Gasteiger partial charge in [0, 0.05) is 19.5 Å². The molecule has 1 heterocycles. The Balaban J connectivity index is 1.92. The average Bonchev–Trinajstić information content (AvgIpc) is 3.06. The topological polar surface area (TPSA) is 88.6 Å². The van der Waals surface area contributed by atoms with Gasteiger partial charge in [-0.25, -0.2) is 4.79 Å². The number of hydrogen-bond donors (Lipinski definition) is 2. The van der Waals surface area contributed by atoms with E-state index in [2.05, 4.69) is 5.32 Å². The van der Waals surface area contributed by atoms with Gasteiger partial charge in [-0.15, -0.1) is 0 Å². The minimum absolute atomic E-state index is 0.0495. The Labute approximate surface area is 135 Å². The number of benzene rings is 1. The lowest BCUT2D eigenvalue weighted by molar-refractivity contribution is -0.121. The predicted octanol–water partition coefficient (Wildman–Crippen LogP) is 1.93. The Morgan fingerprint density at radius 2 is 1.96 bits per heavy atom. The number of hydrogen-bond acceptors (Lipinski definition) is 3. The van der Waals surface area contributed by atoms with E-state index in [0.29, 0.717) is 13.0 Å². The van der Waals surface area contributed by atoms with Crippen molar-refractivity contribution in [1.82, 2.24) is 10.2 Å². The van der Waals surface area contributed by atoms with E-state index in [4.69, 9.17) is 10.2 Å². The molecule has 0 aliphatic carbocycles. The highest BCUT2D eigenvalue weighted by atomic mass is 16.3. The molecule has 0 aliphatic rings. The van der Waals surface area contributed by atoms with Crippen molar-refractivity contribution in [3.8, 4) is 0 Å². The Kier molecular flexibility index (Phi) is 5.80. The van der Waals surface area contributed by atoms with Crippen LogP contribution in [0.5, 0.6) is 0 Å². The van der Waals surface area contributed by atoms with Crippen molar-refractivity contribution in [3.05, 3.63) is 60.1 Å². The summed E-state index contributed by atoms with van der Waals surface area (Å²) in [5, 5.41) is 2.80. The highest BCUT2D eigenvalue weighted by Gasteiger charge is 2.17. The van der Waals surface area contributed by atoms with Crippen LogP contribution in [0.25, 0.3) is 0 Å². The van der Waals surface area contributed by atoms with E-state index in [1.54, 1.807) is 6.26 Å². The van der Waals surface area contributed by atoms with Crippen LogP contribution in [0.15, 0.2) is 53.1 Å². The third-order valence-electron chi connectivity index (χ3n) is 3.60. The van der Waals surface area contributed by atoms with Gasteiger partial charge in [0.25, 0.3) is 0 Å². The van der Waals surface area contributed by atoms with Crippen molar-refractivity contribution in [1.29, 1.82) is 0 Å². The Morgan fingerprint density at radius 1 is 1.22 bits per heavy atom. The quantitative estimate of drug-likeness (QED) is 0.818. The summed E-state index contributed by atoms with van der Waals surface area (Å²) in [5.74, 6) is 0.692. The highest BCUT2D eigenvalue weighted by Crippen LogP contribution is 2.27. The molecule has 1 aromatic heterocycles. The molecule has 0 aliphatic heterocycles. The van der Waals surface area contributed by atoms with Crippen LogP contribution in [0.1, 0.15) is 23.7 Å². The molecule has 3 N–H and O–H groups in total. The van der Waals surface area contributed by atoms with Crippen molar-refractivity contribution in [2.24, 2.45) is 5.73 Å². The summed E-state index contributed by atoms with van der Waals surface area (Å²) in [4.78, 5) is 23.9. The van der Waals surface area contributed by atoms with Gasteiger partial charge < -0.3 is 20.4 Å². The third kappa shape index (κ3) is 4.88. The molecule has 3 amide bonds. The lowest BCUT2D eigenvalue weighted by atomic mass is 9.93. The van der Waals surface area contributed by atoms with E-state index >= 15 is 0 Å². The fourth-order valence-corrected chi connectivity index (χ4v) is 2.35. The van der Waals surface area contributed by atoms with Crippen LogP contribution in [0.3, 0.4) is 0 Å². The first-order chi connectivity index (χ1) is 11.1. The summed E-state index contributed by atoms with van der Waals surface area (Å²) in [6.07, 6.45) is 2.34. The lowest BCUT2D eigenvalue weighted by Crippen LogP contribution is -2.41. The van der Waals surface area contributed by atoms with Crippen LogP contribution in [-0.4, -0.2) is 37.0 Å². The minimum atomic E-state index is -0.627. The van der Waals surface area contributed by atoms with Crippen molar-refractivity contribution in [2.45, 2.75) is 12.3 Å². The normalized spacial score (nSPS) is 11.7. The van der Waals surface area contributed by atoms with Gasteiger partial charge >= 0.3 is 6.03 Å². The molecule has 1 unspecified atom stereocenters. The van der Waals surface area contributed by atoms with E-state index in [1.165, 1.54) is 7.05 Å². The Bertz CT molecular complexity index is 626. The second-order valence-electron chi connectivity index (χ2n) is 5.31. The first kappa shape index (κ1) is 16.6. The molecule has 0 spiro atoms. The van der Waals surface area contributed by atoms with Crippen LogP contribution in [0.4, 0.5) is 4.79 Å². The van der Waals surface area contributed by atoms with Gasteiger partial charge in [0.2, 0.25) is 5.91 Å². The molecular weight excluding hydrogens is 294 g/mol. The molecule has 0 fully saturated rings. The summed E-state index contributed by atoms with van der Waals surface area (Å²) in [6, 6.07) is 13.2. The summed E-state index contributed by atoms with van der Waals surface area (Å²) in [7, 11) is 1.48. The summed E-state index contributed by atoms with van der Waals surface area (Å²) >= 11 is 0. The Morgan fingerprint density at radius 3 is 2.57 bits per heavy atom. The van der Waals surface area contributed by atoms with E-state index in [0.717, 1.165) is 16.2 Å². The fraction of sp³-hybridized carbons (Fsp3) is 0.294. The van der Waals surface area contributed by atoms with Gasteiger partial charge in [-0.05, 0) is 24.1 Å². The van der Waals surface area contributed by atoms with Crippen LogP contribution in [0.2, 0.25) is 0 Å². The molecule has 2 rings (SSSR count). The van der Waals surface area contributed by atoms with Crippen molar-refractivity contribution in [3.63, 3.8) is 0 Å². The van der Waals surface area contributed by atoms with Crippen molar-refractivity contribution < 1.29 is 14.0 Å². The van der Waals surface area contributed by atoms with Crippen molar-refractivity contribution in [2.75, 3.05) is 20.1 Å². The van der Waals surface area contributed by atoms with Gasteiger partial charge in [0.15, 0.2) is 0 Å².